The van der Waals surface area contributed by atoms with E-state index < -0.39 is 50.8 Å². The van der Waals surface area contributed by atoms with Crippen LogP contribution < -0.4 is 5.73 Å². The van der Waals surface area contributed by atoms with Crippen molar-refractivity contribution in [2.45, 2.75) is 173 Å². The van der Waals surface area contributed by atoms with Gasteiger partial charge < -0.3 is 35.4 Å². The largest absolute Gasteiger partial charge is 0.472 e. The quantitative estimate of drug-likeness (QED) is 0.0178. The molecule has 0 bridgehead atoms. The Hall–Kier alpha value is -2.15. The number of phosphoric acid groups is 1. The Morgan fingerprint density at radius 1 is 0.768 bits per heavy atom. The molecule has 0 radical (unpaired) electrons. The molecule has 0 spiro atoms. The van der Waals surface area contributed by atoms with E-state index in [1.165, 1.54) is 19.3 Å². The molecule has 13 heteroatoms. The molecule has 12 nitrogen and oxygen atoms in total. The first-order valence-corrected chi connectivity index (χ1v) is 22.9. The van der Waals surface area contributed by atoms with Crippen molar-refractivity contribution in [3.63, 3.8) is 0 Å². The Balaban J connectivity index is 2.43. The van der Waals surface area contributed by atoms with E-state index >= 15 is 0 Å². The van der Waals surface area contributed by atoms with E-state index in [0.29, 0.717) is 32.1 Å². The lowest BCUT2D eigenvalue weighted by Crippen LogP contribution is -2.29. The van der Waals surface area contributed by atoms with Gasteiger partial charge in [0, 0.05) is 31.7 Å². The van der Waals surface area contributed by atoms with Crippen LogP contribution >= 0.6 is 7.82 Å². The Morgan fingerprint density at radius 3 is 2.05 bits per heavy atom. The summed E-state index contributed by atoms with van der Waals surface area (Å²) in [4.78, 5) is 35.0. The van der Waals surface area contributed by atoms with Gasteiger partial charge in [-0.05, 0) is 70.1 Å². The number of ether oxygens (including phenoxy) is 2. The van der Waals surface area contributed by atoms with E-state index in [9.17, 15) is 34.4 Å². The third-order valence-electron chi connectivity index (χ3n) is 9.79. The number of carbonyl (C=O) groups excluding carboxylic acids is 2. The van der Waals surface area contributed by atoms with E-state index in [4.69, 9.17) is 24.3 Å². The molecule has 7 atom stereocenters. The molecular formula is C43H76NO11P. The maximum absolute atomic E-state index is 12.7. The minimum Gasteiger partial charge on any atom is -0.462 e. The molecule has 1 saturated carbocycles. The molecule has 0 aromatic carbocycles. The van der Waals surface area contributed by atoms with E-state index in [1.807, 2.05) is 6.08 Å². The number of phosphoric ester groups is 1. The van der Waals surface area contributed by atoms with Crippen molar-refractivity contribution in [1.29, 1.82) is 0 Å². The number of hydrogen-bond acceptors (Lipinski definition) is 11. The number of aliphatic hydroxyl groups excluding tert-OH is 3. The Labute approximate surface area is 337 Å². The van der Waals surface area contributed by atoms with Crippen LogP contribution in [0.3, 0.4) is 0 Å². The first kappa shape index (κ1) is 51.9. The van der Waals surface area contributed by atoms with Crippen LogP contribution in [0.4, 0.5) is 0 Å². The van der Waals surface area contributed by atoms with Crippen LogP contribution in [-0.2, 0) is 32.7 Å². The van der Waals surface area contributed by atoms with Crippen molar-refractivity contribution in [3.05, 3.63) is 48.6 Å². The van der Waals surface area contributed by atoms with E-state index in [0.717, 1.165) is 70.6 Å². The molecule has 1 aliphatic rings. The summed E-state index contributed by atoms with van der Waals surface area (Å²) in [5.41, 5.74) is 5.34. The lowest BCUT2D eigenvalue weighted by atomic mass is 9.88. The fourth-order valence-corrected chi connectivity index (χ4v) is 7.32. The molecule has 324 valence electrons. The van der Waals surface area contributed by atoms with Crippen molar-refractivity contribution in [1.82, 2.24) is 0 Å². The van der Waals surface area contributed by atoms with Gasteiger partial charge in [0.25, 0.3) is 0 Å². The molecule has 0 aliphatic heterocycles. The summed E-state index contributed by atoms with van der Waals surface area (Å²) in [6.45, 7) is 3.30. The Kier molecular flexibility index (Phi) is 31.3. The minimum absolute atomic E-state index is 0.0120. The van der Waals surface area contributed by atoms with Crippen LogP contribution in [0, 0.1) is 11.8 Å². The molecule has 1 fully saturated rings. The molecule has 56 heavy (non-hydrogen) atoms. The molecule has 1 aliphatic carbocycles. The Bertz CT molecular complexity index is 1180. The van der Waals surface area contributed by atoms with Crippen molar-refractivity contribution < 1.29 is 52.9 Å². The zero-order chi connectivity index (χ0) is 41.3. The monoisotopic (exact) mass is 814 g/mol. The smallest absolute Gasteiger partial charge is 0.462 e. The lowest BCUT2D eigenvalue weighted by molar-refractivity contribution is -0.161. The van der Waals surface area contributed by atoms with Crippen molar-refractivity contribution in [3.8, 4) is 0 Å². The van der Waals surface area contributed by atoms with E-state index in [1.54, 1.807) is 6.08 Å². The molecule has 0 amide bonds. The second kappa shape index (κ2) is 33.8. The van der Waals surface area contributed by atoms with Crippen LogP contribution in [0.15, 0.2) is 48.6 Å². The minimum atomic E-state index is -4.45. The highest BCUT2D eigenvalue weighted by atomic mass is 31.2. The van der Waals surface area contributed by atoms with Crippen LogP contribution in [0.2, 0.25) is 0 Å². The van der Waals surface area contributed by atoms with Gasteiger partial charge in [0.1, 0.15) is 6.61 Å². The van der Waals surface area contributed by atoms with E-state index in [2.05, 4.69) is 50.3 Å². The normalized spacial score (nSPS) is 21.1. The zero-order valence-corrected chi connectivity index (χ0v) is 35.3. The first-order chi connectivity index (χ1) is 27.0. The highest BCUT2D eigenvalue weighted by Gasteiger charge is 2.39. The van der Waals surface area contributed by atoms with Gasteiger partial charge in [-0.2, -0.15) is 0 Å². The lowest BCUT2D eigenvalue weighted by Gasteiger charge is -2.21. The summed E-state index contributed by atoms with van der Waals surface area (Å²) in [5.74, 6) is -1.32. The topological polar surface area (TPSA) is 195 Å². The molecule has 0 aromatic rings. The number of allylic oxidation sites excluding steroid dienone is 6. The highest BCUT2D eigenvalue weighted by molar-refractivity contribution is 7.47. The SMILES string of the molecule is CCCCC/C=C\C/C=C\C/C=C\CCCCC(=O)OC[C@H](COP(=O)(O)OCCN)OC(=O)CCCCCC[C@@H]1[C@@H](/C=C/[C@@H](O)CCCCC)[C@H](O)C[C@@H]1O. The van der Waals surface area contributed by atoms with Gasteiger partial charge in [-0.3, -0.25) is 18.6 Å². The second-order valence-electron chi connectivity index (χ2n) is 14.8. The van der Waals surface area contributed by atoms with Gasteiger partial charge in [-0.1, -0.05) is 114 Å². The molecule has 0 aromatic heterocycles. The molecule has 1 rings (SSSR count). The molecule has 0 saturated heterocycles. The standard InChI is InChI=1S/C43H76NO11P/c1-3-5-7-8-9-10-11-12-13-14-15-16-17-18-23-27-42(48)52-34-37(35-54-56(50,51)53-32-31-44)55-43(49)28-24-20-19-22-26-38-39(41(47)33-40(38)46)30-29-36(45)25-21-6-4-2/h9-10,12-13,15-16,29-30,36-41,45-47H,3-8,11,14,17-28,31-35,44H2,1-2H3,(H,50,51)/b10-9-,13-12-,16-15-,30-29+/t36-,37+,38+,39+,40-,41+/m0/s1. The number of hydrogen-bond donors (Lipinski definition) is 5. The highest BCUT2D eigenvalue weighted by Crippen LogP contribution is 2.43. The van der Waals surface area contributed by atoms with Gasteiger partial charge >= 0.3 is 19.8 Å². The predicted octanol–water partition coefficient (Wildman–Crippen LogP) is 8.32. The molecular weight excluding hydrogens is 737 g/mol. The van der Waals surface area contributed by atoms with Gasteiger partial charge in [0.05, 0.1) is 31.5 Å². The summed E-state index contributed by atoms with van der Waals surface area (Å²) < 4.78 is 32.7. The van der Waals surface area contributed by atoms with Crippen molar-refractivity contribution in [2.75, 3.05) is 26.4 Å². The number of rotatable bonds is 35. The van der Waals surface area contributed by atoms with Gasteiger partial charge in [0.2, 0.25) is 0 Å². The zero-order valence-electron chi connectivity index (χ0n) is 34.4. The van der Waals surface area contributed by atoms with E-state index in [-0.39, 0.29) is 44.4 Å². The number of esters is 2. The van der Waals surface area contributed by atoms with Crippen LogP contribution in [-0.4, -0.2) is 82.9 Å². The first-order valence-electron chi connectivity index (χ1n) is 21.4. The summed E-state index contributed by atoms with van der Waals surface area (Å²) >= 11 is 0. The van der Waals surface area contributed by atoms with Crippen LogP contribution in [0.5, 0.6) is 0 Å². The summed E-state index contributed by atoms with van der Waals surface area (Å²) in [6.07, 6.45) is 30.7. The number of carbonyl (C=O) groups is 2. The van der Waals surface area contributed by atoms with Crippen LogP contribution in [0.1, 0.15) is 149 Å². The number of aliphatic hydroxyl groups is 3. The van der Waals surface area contributed by atoms with Crippen molar-refractivity contribution in [2.24, 2.45) is 17.6 Å². The molecule has 0 heterocycles. The average Bonchev–Trinajstić information content (AvgIpc) is 3.44. The maximum atomic E-state index is 12.7. The maximum Gasteiger partial charge on any atom is 0.472 e. The fraction of sp³-hybridized carbons (Fsp3) is 0.767. The van der Waals surface area contributed by atoms with Crippen molar-refractivity contribution >= 4 is 19.8 Å². The molecule has 6 N–H and O–H groups in total. The predicted molar refractivity (Wildman–Crippen MR) is 221 cm³/mol. The summed E-state index contributed by atoms with van der Waals surface area (Å²) in [7, 11) is -4.45. The second-order valence-corrected chi connectivity index (χ2v) is 16.3. The van der Waals surface area contributed by atoms with Crippen LogP contribution in [0.25, 0.3) is 0 Å². The van der Waals surface area contributed by atoms with Gasteiger partial charge in [-0.15, -0.1) is 0 Å². The summed E-state index contributed by atoms with van der Waals surface area (Å²) in [6, 6.07) is 0. The number of nitrogens with two attached hydrogens (primary N) is 1. The van der Waals surface area contributed by atoms with Gasteiger partial charge in [0.15, 0.2) is 6.10 Å². The fourth-order valence-electron chi connectivity index (χ4n) is 6.56. The average molecular weight is 814 g/mol. The third kappa shape index (κ3) is 27.5. The van der Waals surface area contributed by atoms with Gasteiger partial charge in [-0.25, -0.2) is 4.57 Å². The molecule has 1 unspecified atom stereocenters. The third-order valence-corrected chi connectivity index (χ3v) is 10.8. The summed E-state index contributed by atoms with van der Waals surface area (Å²) in [5, 5.41) is 31.4. The Morgan fingerprint density at radius 2 is 1.38 bits per heavy atom. The number of unbranched alkanes of at least 4 members (excludes halogenated alkanes) is 10.